The van der Waals surface area contributed by atoms with Crippen LogP contribution < -0.4 is 4.74 Å². The molecule has 1 amide bonds. The second kappa shape index (κ2) is 6.30. The van der Waals surface area contributed by atoms with Crippen LogP contribution in [-0.4, -0.2) is 53.7 Å². The van der Waals surface area contributed by atoms with Gasteiger partial charge in [-0.3, -0.25) is 0 Å². The molecule has 2 aliphatic rings. The summed E-state index contributed by atoms with van der Waals surface area (Å²) >= 11 is 6.15. The number of piperidine rings is 1. The second-order valence-electron chi connectivity index (χ2n) is 7.52. The zero-order chi connectivity index (χ0) is 18.4. The van der Waals surface area contributed by atoms with Gasteiger partial charge in [-0.05, 0) is 0 Å². The predicted octanol–water partition coefficient (Wildman–Crippen LogP) is 3.11. The smallest absolute Gasteiger partial charge is 0.407 e. The summed E-state index contributed by atoms with van der Waals surface area (Å²) in [6, 6.07) is 3.41. The number of ether oxygens (including phenoxy) is 3. The number of fused-ring (bicyclic) bond motifs is 1. The van der Waals surface area contributed by atoms with Crippen molar-refractivity contribution in [2.24, 2.45) is 5.41 Å². The molecule has 8 heteroatoms. The molecule has 3 rings (SSSR count). The van der Waals surface area contributed by atoms with E-state index in [-0.39, 0.29) is 12.0 Å². The number of nitrogens with zero attached hydrogens (tertiary/aromatic N) is 2. The lowest BCUT2D eigenvalue weighted by Gasteiger charge is -2.40. The van der Waals surface area contributed by atoms with Gasteiger partial charge in [0.1, 0.15) is 22.6 Å². The number of carboxylic acid groups (broad SMARTS) is 1. The topological polar surface area (TPSA) is 81.1 Å². The molecule has 0 aliphatic carbocycles. The van der Waals surface area contributed by atoms with Crippen LogP contribution in [0.4, 0.5) is 4.79 Å². The standard InChI is InChI=1S/C17H23ClN2O5/c1-16(2,3)14-24-12-9-20(15(21)22)6-5-17(12,25-14)11-7-10(23-4)8-13(18)19-11/h7-8,12,14H,5-6,9H2,1-4H3,(H,21,22)/t12-,14?,17-/m1/s1. The van der Waals surface area contributed by atoms with Crippen LogP contribution in [0, 0.1) is 5.41 Å². The van der Waals surface area contributed by atoms with Crippen molar-refractivity contribution >= 4 is 17.7 Å². The number of likely N-dealkylation sites (tertiary alicyclic amines) is 1. The first-order valence-corrected chi connectivity index (χ1v) is 8.57. The Balaban J connectivity index is 2.03. The van der Waals surface area contributed by atoms with E-state index >= 15 is 0 Å². The van der Waals surface area contributed by atoms with Crippen molar-refractivity contribution in [1.82, 2.24) is 9.88 Å². The molecule has 138 valence electrons. The van der Waals surface area contributed by atoms with Gasteiger partial charge in [-0.15, -0.1) is 0 Å². The van der Waals surface area contributed by atoms with Crippen molar-refractivity contribution in [2.45, 2.75) is 45.2 Å². The first-order valence-electron chi connectivity index (χ1n) is 8.19. The van der Waals surface area contributed by atoms with Crippen LogP contribution in [0.2, 0.25) is 5.15 Å². The number of pyridine rings is 1. The Labute approximate surface area is 151 Å². The van der Waals surface area contributed by atoms with Gasteiger partial charge in [0.25, 0.3) is 0 Å². The molecular weight excluding hydrogens is 348 g/mol. The van der Waals surface area contributed by atoms with Crippen LogP contribution >= 0.6 is 11.6 Å². The molecule has 1 aromatic heterocycles. The van der Waals surface area contributed by atoms with Gasteiger partial charge < -0.3 is 24.2 Å². The van der Waals surface area contributed by atoms with Gasteiger partial charge in [-0.2, -0.15) is 0 Å². The van der Waals surface area contributed by atoms with Gasteiger partial charge in [-0.25, -0.2) is 9.78 Å². The summed E-state index contributed by atoms with van der Waals surface area (Å²) in [6.07, 6.45) is -1.46. The molecular formula is C17H23ClN2O5. The number of hydrogen-bond donors (Lipinski definition) is 1. The fourth-order valence-corrected chi connectivity index (χ4v) is 3.47. The largest absolute Gasteiger partial charge is 0.497 e. The van der Waals surface area contributed by atoms with Crippen molar-refractivity contribution in [2.75, 3.05) is 20.2 Å². The molecule has 0 saturated carbocycles. The maximum absolute atomic E-state index is 11.4. The highest BCUT2D eigenvalue weighted by Crippen LogP contribution is 2.48. The van der Waals surface area contributed by atoms with E-state index in [0.717, 1.165) is 0 Å². The Morgan fingerprint density at radius 2 is 2.20 bits per heavy atom. The van der Waals surface area contributed by atoms with E-state index in [1.165, 1.54) is 4.90 Å². The molecule has 1 aromatic rings. The quantitative estimate of drug-likeness (QED) is 0.805. The fourth-order valence-electron chi connectivity index (χ4n) is 3.27. The zero-order valence-electron chi connectivity index (χ0n) is 14.8. The van der Waals surface area contributed by atoms with Crippen molar-refractivity contribution in [1.29, 1.82) is 0 Å². The number of aromatic nitrogens is 1. The van der Waals surface area contributed by atoms with Gasteiger partial charge in [0, 0.05) is 30.5 Å². The summed E-state index contributed by atoms with van der Waals surface area (Å²) in [5.41, 5.74) is -0.498. The fraction of sp³-hybridized carbons (Fsp3) is 0.647. The first-order chi connectivity index (χ1) is 11.7. The van der Waals surface area contributed by atoms with Crippen molar-refractivity contribution in [3.63, 3.8) is 0 Å². The van der Waals surface area contributed by atoms with E-state index in [1.807, 2.05) is 20.8 Å². The number of halogens is 1. The van der Waals surface area contributed by atoms with Gasteiger partial charge in [0.05, 0.1) is 19.3 Å². The number of carbonyl (C=O) groups is 1. The van der Waals surface area contributed by atoms with E-state index < -0.39 is 24.1 Å². The molecule has 7 nitrogen and oxygen atoms in total. The van der Waals surface area contributed by atoms with E-state index in [2.05, 4.69) is 4.98 Å². The Morgan fingerprint density at radius 3 is 2.80 bits per heavy atom. The summed E-state index contributed by atoms with van der Waals surface area (Å²) in [7, 11) is 1.56. The molecule has 25 heavy (non-hydrogen) atoms. The van der Waals surface area contributed by atoms with Crippen molar-refractivity contribution < 1.29 is 24.1 Å². The number of methoxy groups -OCH3 is 1. The first kappa shape index (κ1) is 18.2. The third-order valence-corrected chi connectivity index (χ3v) is 4.87. The third-order valence-electron chi connectivity index (χ3n) is 4.68. The Hall–Kier alpha value is -1.57. The monoisotopic (exact) mass is 370 g/mol. The molecule has 2 fully saturated rings. The molecule has 1 unspecified atom stereocenters. The SMILES string of the molecule is COc1cc(Cl)nc([C@]23CCN(C(=O)O)C[C@H]2OC(C(C)(C)C)O3)c1. The highest BCUT2D eigenvalue weighted by Gasteiger charge is 2.57. The van der Waals surface area contributed by atoms with E-state index in [9.17, 15) is 9.90 Å². The minimum absolute atomic E-state index is 0.221. The third kappa shape index (κ3) is 3.28. The minimum atomic E-state index is -0.965. The molecule has 2 aliphatic heterocycles. The number of amides is 1. The second-order valence-corrected chi connectivity index (χ2v) is 7.91. The Bertz CT molecular complexity index is 677. The molecule has 0 bridgehead atoms. The van der Waals surface area contributed by atoms with Crippen LogP contribution in [0.15, 0.2) is 12.1 Å². The molecule has 0 aromatic carbocycles. The van der Waals surface area contributed by atoms with Crippen LogP contribution in [0.25, 0.3) is 0 Å². The Morgan fingerprint density at radius 1 is 1.48 bits per heavy atom. The predicted molar refractivity (Wildman–Crippen MR) is 90.9 cm³/mol. The van der Waals surface area contributed by atoms with Crippen LogP contribution in [-0.2, 0) is 15.1 Å². The lowest BCUT2D eigenvalue weighted by Crippen LogP contribution is -2.53. The highest BCUT2D eigenvalue weighted by molar-refractivity contribution is 6.29. The summed E-state index contributed by atoms with van der Waals surface area (Å²) in [5, 5.41) is 9.63. The van der Waals surface area contributed by atoms with E-state index in [4.69, 9.17) is 25.8 Å². The van der Waals surface area contributed by atoms with Crippen molar-refractivity contribution in [3.8, 4) is 5.75 Å². The molecule has 0 radical (unpaired) electrons. The van der Waals surface area contributed by atoms with E-state index in [1.54, 1.807) is 19.2 Å². The Kier molecular flexibility index (Phi) is 4.59. The summed E-state index contributed by atoms with van der Waals surface area (Å²) in [6.45, 7) is 6.61. The number of hydrogen-bond acceptors (Lipinski definition) is 5. The van der Waals surface area contributed by atoms with Gasteiger partial charge in [-0.1, -0.05) is 32.4 Å². The normalized spacial score (nSPS) is 29.4. The lowest BCUT2D eigenvalue weighted by atomic mass is 9.85. The molecule has 1 N–H and O–H groups in total. The van der Waals surface area contributed by atoms with Crippen LogP contribution in [0.5, 0.6) is 5.75 Å². The molecule has 3 atom stereocenters. The minimum Gasteiger partial charge on any atom is -0.497 e. The molecule has 3 heterocycles. The summed E-state index contributed by atoms with van der Waals surface area (Å²) in [5.74, 6) is 0.576. The van der Waals surface area contributed by atoms with Gasteiger partial charge in [0.15, 0.2) is 6.29 Å². The van der Waals surface area contributed by atoms with Crippen LogP contribution in [0.3, 0.4) is 0 Å². The average molecular weight is 371 g/mol. The molecule has 0 spiro atoms. The van der Waals surface area contributed by atoms with Gasteiger partial charge >= 0.3 is 6.09 Å². The lowest BCUT2D eigenvalue weighted by molar-refractivity contribution is -0.151. The molecule has 2 saturated heterocycles. The van der Waals surface area contributed by atoms with Gasteiger partial charge in [0.2, 0.25) is 0 Å². The summed E-state index contributed by atoms with van der Waals surface area (Å²) < 4.78 is 17.8. The average Bonchev–Trinajstić information content (AvgIpc) is 2.94. The maximum Gasteiger partial charge on any atom is 0.407 e. The zero-order valence-corrected chi connectivity index (χ0v) is 15.5. The van der Waals surface area contributed by atoms with E-state index in [0.29, 0.717) is 29.6 Å². The summed E-state index contributed by atoms with van der Waals surface area (Å²) in [4.78, 5) is 17.2. The maximum atomic E-state index is 11.4. The van der Waals surface area contributed by atoms with Crippen molar-refractivity contribution in [3.05, 3.63) is 23.0 Å². The van der Waals surface area contributed by atoms with Crippen LogP contribution in [0.1, 0.15) is 32.9 Å². The number of rotatable bonds is 2. The highest BCUT2D eigenvalue weighted by atomic mass is 35.5.